The highest BCUT2D eigenvalue weighted by molar-refractivity contribution is 7.09. The van der Waals surface area contributed by atoms with Crippen LogP contribution in [0.15, 0.2) is 47.8 Å². The van der Waals surface area contributed by atoms with E-state index >= 15 is 0 Å². The molecule has 140 valence electrons. The van der Waals surface area contributed by atoms with Crippen molar-refractivity contribution in [2.24, 2.45) is 0 Å². The summed E-state index contributed by atoms with van der Waals surface area (Å²) in [7, 11) is 4.10. The van der Waals surface area contributed by atoms with Crippen LogP contribution in [-0.2, 0) is 6.54 Å². The van der Waals surface area contributed by atoms with Gasteiger partial charge in [0.2, 0.25) is 0 Å². The van der Waals surface area contributed by atoms with Crippen molar-refractivity contribution in [1.29, 1.82) is 0 Å². The van der Waals surface area contributed by atoms with Crippen LogP contribution in [0.3, 0.4) is 0 Å². The van der Waals surface area contributed by atoms with Crippen molar-refractivity contribution in [2.45, 2.75) is 12.6 Å². The van der Waals surface area contributed by atoms with Crippen LogP contribution >= 0.6 is 11.3 Å². The SMILES string of the molecule is CN(C)C(CNC(=O)N1CCN(Cc2cccs2)CC1)c1ccccc1. The summed E-state index contributed by atoms with van der Waals surface area (Å²) in [5.41, 5.74) is 1.22. The van der Waals surface area contributed by atoms with Crippen molar-refractivity contribution in [2.75, 3.05) is 46.8 Å². The monoisotopic (exact) mass is 372 g/mol. The number of likely N-dealkylation sites (N-methyl/N-ethyl adjacent to an activating group) is 1. The molecule has 2 aromatic rings. The van der Waals surface area contributed by atoms with Crippen molar-refractivity contribution >= 4 is 17.4 Å². The molecule has 1 aliphatic rings. The fraction of sp³-hybridized carbons (Fsp3) is 0.450. The molecule has 26 heavy (non-hydrogen) atoms. The van der Waals surface area contributed by atoms with Crippen LogP contribution in [0.25, 0.3) is 0 Å². The molecule has 1 fully saturated rings. The smallest absolute Gasteiger partial charge is 0.317 e. The summed E-state index contributed by atoms with van der Waals surface area (Å²) in [6.07, 6.45) is 0. The number of carbonyl (C=O) groups is 1. The Bertz CT molecular complexity index is 666. The number of nitrogens with one attached hydrogen (secondary N) is 1. The van der Waals surface area contributed by atoms with Gasteiger partial charge in [0.25, 0.3) is 0 Å². The van der Waals surface area contributed by atoms with E-state index in [1.165, 1.54) is 10.4 Å². The van der Waals surface area contributed by atoms with E-state index in [9.17, 15) is 4.79 Å². The highest BCUT2D eigenvalue weighted by Gasteiger charge is 2.22. The lowest BCUT2D eigenvalue weighted by molar-refractivity contribution is 0.134. The first-order valence-corrected chi connectivity index (χ1v) is 10.0. The number of hydrogen-bond donors (Lipinski definition) is 1. The van der Waals surface area contributed by atoms with Gasteiger partial charge in [-0.15, -0.1) is 11.3 Å². The van der Waals surface area contributed by atoms with E-state index in [1.54, 1.807) is 11.3 Å². The van der Waals surface area contributed by atoms with Crippen molar-refractivity contribution < 1.29 is 4.79 Å². The Morgan fingerprint density at radius 2 is 1.85 bits per heavy atom. The number of thiophene rings is 1. The fourth-order valence-corrected chi connectivity index (χ4v) is 4.05. The third-order valence-electron chi connectivity index (χ3n) is 4.87. The fourth-order valence-electron chi connectivity index (χ4n) is 3.30. The number of benzene rings is 1. The predicted octanol–water partition coefficient (Wildman–Crippen LogP) is 2.88. The molecule has 3 rings (SSSR count). The first-order valence-electron chi connectivity index (χ1n) is 9.12. The van der Waals surface area contributed by atoms with Gasteiger partial charge in [0.05, 0.1) is 6.04 Å². The van der Waals surface area contributed by atoms with Gasteiger partial charge in [-0.3, -0.25) is 4.90 Å². The summed E-state index contributed by atoms with van der Waals surface area (Å²) in [4.78, 5) is 20.4. The molecule has 1 aromatic carbocycles. The lowest BCUT2D eigenvalue weighted by Crippen LogP contribution is -2.52. The second-order valence-corrected chi connectivity index (χ2v) is 7.95. The summed E-state index contributed by atoms with van der Waals surface area (Å²) in [6.45, 7) is 5.04. The van der Waals surface area contributed by atoms with Crippen LogP contribution in [0.2, 0.25) is 0 Å². The lowest BCUT2D eigenvalue weighted by Gasteiger charge is -2.35. The van der Waals surface area contributed by atoms with Crippen LogP contribution in [0.5, 0.6) is 0 Å². The summed E-state index contributed by atoms with van der Waals surface area (Å²) >= 11 is 1.80. The summed E-state index contributed by atoms with van der Waals surface area (Å²) in [6, 6.07) is 14.8. The van der Waals surface area contributed by atoms with E-state index in [-0.39, 0.29) is 12.1 Å². The van der Waals surface area contributed by atoms with Crippen molar-refractivity contribution in [1.82, 2.24) is 20.0 Å². The second-order valence-electron chi connectivity index (χ2n) is 6.92. The summed E-state index contributed by atoms with van der Waals surface area (Å²) < 4.78 is 0. The van der Waals surface area contributed by atoms with Gasteiger partial charge < -0.3 is 15.1 Å². The predicted molar refractivity (Wildman–Crippen MR) is 107 cm³/mol. The molecular formula is C20H28N4OS. The molecule has 0 saturated carbocycles. The molecular weight excluding hydrogens is 344 g/mol. The molecule has 1 saturated heterocycles. The molecule has 1 atom stereocenters. The third kappa shape index (κ3) is 5.06. The van der Waals surface area contributed by atoms with Gasteiger partial charge in [-0.2, -0.15) is 0 Å². The molecule has 6 heteroatoms. The maximum Gasteiger partial charge on any atom is 0.317 e. The van der Waals surface area contributed by atoms with E-state index in [1.807, 2.05) is 37.2 Å². The number of piperazine rings is 1. The van der Waals surface area contributed by atoms with Crippen molar-refractivity contribution in [3.05, 3.63) is 58.3 Å². The van der Waals surface area contributed by atoms with Crippen LogP contribution in [0, 0.1) is 0 Å². The van der Waals surface area contributed by atoms with E-state index < -0.39 is 0 Å². The quantitative estimate of drug-likeness (QED) is 0.847. The Morgan fingerprint density at radius 1 is 1.12 bits per heavy atom. The van der Waals surface area contributed by atoms with E-state index in [2.05, 4.69) is 44.8 Å². The van der Waals surface area contributed by atoms with Crippen LogP contribution in [-0.4, -0.2) is 67.5 Å². The second kappa shape index (κ2) is 9.16. The number of rotatable bonds is 6. The number of carbonyl (C=O) groups excluding carboxylic acids is 1. The molecule has 0 bridgehead atoms. The highest BCUT2D eigenvalue weighted by Crippen LogP contribution is 2.17. The number of urea groups is 1. The standard InChI is InChI=1S/C20H28N4OS/c1-22(2)19(17-7-4-3-5-8-17)15-21-20(25)24-12-10-23(11-13-24)16-18-9-6-14-26-18/h3-9,14,19H,10-13,15-16H2,1-2H3,(H,21,25). The minimum atomic E-state index is 0.0450. The normalized spacial score (nSPS) is 16.7. The minimum Gasteiger partial charge on any atom is -0.336 e. The van der Waals surface area contributed by atoms with Crippen LogP contribution < -0.4 is 5.32 Å². The molecule has 1 N–H and O–H groups in total. The molecule has 1 aliphatic heterocycles. The third-order valence-corrected chi connectivity index (χ3v) is 5.73. The number of hydrogen-bond acceptors (Lipinski definition) is 4. The molecule has 0 aliphatic carbocycles. The molecule has 0 spiro atoms. The molecule has 1 aromatic heterocycles. The average molecular weight is 373 g/mol. The maximum atomic E-state index is 12.6. The van der Waals surface area contributed by atoms with Crippen LogP contribution in [0.4, 0.5) is 4.79 Å². The van der Waals surface area contributed by atoms with Gasteiger partial charge in [-0.1, -0.05) is 36.4 Å². The van der Waals surface area contributed by atoms with E-state index in [0.29, 0.717) is 6.54 Å². The molecule has 5 nitrogen and oxygen atoms in total. The molecule has 1 unspecified atom stereocenters. The lowest BCUT2D eigenvalue weighted by atomic mass is 10.1. The molecule has 0 radical (unpaired) electrons. The minimum absolute atomic E-state index is 0.0450. The Labute approximate surface area is 160 Å². The van der Waals surface area contributed by atoms with E-state index in [0.717, 1.165) is 32.7 Å². The zero-order valence-electron chi connectivity index (χ0n) is 15.6. The van der Waals surface area contributed by atoms with Gasteiger partial charge in [0.15, 0.2) is 0 Å². The first-order chi connectivity index (χ1) is 12.6. The molecule has 2 heterocycles. The van der Waals surface area contributed by atoms with Gasteiger partial charge in [-0.05, 0) is 31.1 Å². The van der Waals surface area contributed by atoms with Gasteiger partial charge >= 0.3 is 6.03 Å². The Kier molecular flexibility index (Phi) is 6.66. The first kappa shape index (κ1) is 18.9. The molecule has 2 amide bonds. The summed E-state index contributed by atoms with van der Waals surface area (Å²) in [5.74, 6) is 0. The zero-order valence-corrected chi connectivity index (χ0v) is 16.4. The van der Waals surface area contributed by atoms with Gasteiger partial charge in [0.1, 0.15) is 0 Å². The Balaban J connectivity index is 1.46. The number of amides is 2. The Hall–Kier alpha value is -1.89. The van der Waals surface area contributed by atoms with Gasteiger partial charge in [0, 0.05) is 44.1 Å². The topological polar surface area (TPSA) is 38.8 Å². The van der Waals surface area contributed by atoms with Gasteiger partial charge in [-0.25, -0.2) is 4.79 Å². The maximum absolute atomic E-state index is 12.6. The van der Waals surface area contributed by atoms with Crippen molar-refractivity contribution in [3.8, 4) is 0 Å². The average Bonchev–Trinajstić information content (AvgIpc) is 3.16. The van der Waals surface area contributed by atoms with E-state index in [4.69, 9.17) is 0 Å². The van der Waals surface area contributed by atoms with Crippen molar-refractivity contribution in [3.63, 3.8) is 0 Å². The largest absolute Gasteiger partial charge is 0.336 e. The zero-order chi connectivity index (χ0) is 18.4. The number of nitrogens with zero attached hydrogens (tertiary/aromatic N) is 3. The highest BCUT2D eigenvalue weighted by atomic mass is 32.1. The summed E-state index contributed by atoms with van der Waals surface area (Å²) in [5, 5.41) is 5.24. The van der Waals surface area contributed by atoms with Crippen LogP contribution in [0.1, 0.15) is 16.5 Å². The Morgan fingerprint density at radius 3 is 2.46 bits per heavy atom.